The predicted molar refractivity (Wildman–Crippen MR) is 124 cm³/mol. The Morgan fingerprint density at radius 2 is 1.97 bits per heavy atom. The summed E-state index contributed by atoms with van der Waals surface area (Å²) in [6.07, 6.45) is -2.14. The molecule has 5 nitrogen and oxygen atoms in total. The topological polar surface area (TPSA) is 63.7 Å². The molecule has 2 heterocycles. The molecule has 4 aromatic rings. The van der Waals surface area contributed by atoms with Crippen LogP contribution in [-0.4, -0.2) is 20.6 Å². The van der Waals surface area contributed by atoms with Crippen LogP contribution in [0.5, 0.6) is 5.75 Å². The smallest absolute Gasteiger partial charge is 0.425 e. The molecule has 0 bridgehead atoms. The number of rotatable bonds is 7. The van der Waals surface area contributed by atoms with Gasteiger partial charge in [0.15, 0.2) is 5.82 Å². The maximum absolute atomic E-state index is 13.6. The van der Waals surface area contributed by atoms with Gasteiger partial charge in [0.1, 0.15) is 17.2 Å². The molecule has 1 aliphatic rings. The largest absolute Gasteiger partial charge is 0.489 e. The van der Waals surface area contributed by atoms with Gasteiger partial charge in [-0.1, -0.05) is 29.3 Å². The molecule has 0 aliphatic heterocycles. The molecule has 0 radical (unpaired) electrons. The van der Waals surface area contributed by atoms with Gasteiger partial charge in [0.2, 0.25) is 0 Å². The second-order valence-electron chi connectivity index (χ2n) is 8.28. The normalized spacial score (nSPS) is 14.6. The Bertz CT molecular complexity index is 1350. The van der Waals surface area contributed by atoms with Crippen molar-refractivity contribution in [3.05, 3.63) is 69.9 Å². The Labute approximate surface area is 198 Å². The summed E-state index contributed by atoms with van der Waals surface area (Å²) in [5.74, 6) is 7.33. The summed E-state index contributed by atoms with van der Waals surface area (Å²) < 4.78 is 47.3. The quantitative estimate of drug-likeness (QED) is 0.317. The van der Waals surface area contributed by atoms with Crippen molar-refractivity contribution in [2.24, 2.45) is 0 Å². The second-order valence-corrected chi connectivity index (χ2v) is 9.34. The molecule has 1 saturated carbocycles. The fourth-order valence-corrected chi connectivity index (χ4v) is 5.22. The number of ether oxygens (including phenoxy) is 1. The van der Waals surface area contributed by atoms with E-state index in [0.29, 0.717) is 33.6 Å². The van der Waals surface area contributed by atoms with Crippen molar-refractivity contribution in [2.45, 2.75) is 50.8 Å². The van der Waals surface area contributed by atoms with Crippen molar-refractivity contribution < 1.29 is 17.9 Å². The molecule has 0 spiro atoms. The molecule has 0 amide bonds. The lowest BCUT2D eigenvalue weighted by Gasteiger charge is -2.11. The van der Waals surface area contributed by atoms with Gasteiger partial charge in [0.25, 0.3) is 0 Å². The van der Waals surface area contributed by atoms with E-state index in [9.17, 15) is 13.2 Å². The lowest BCUT2D eigenvalue weighted by atomic mass is 9.96. The summed E-state index contributed by atoms with van der Waals surface area (Å²) in [6, 6.07) is 13.1. The standard InChI is InChI=1S/C25H21F3N4OS/c1-2-3-18(13-22-29-31-32-30-22)16-7-9-19(10-8-16)33-14-15-4-11-21-20(12-15)23(17-5-6-17)24(34-21)25(26,27)28/h4,7-12,17-18H,5-6,13-14H2,1H3,(H,29,30,31,32)/t18-/m0/s1. The summed E-state index contributed by atoms with van der Waals surface area (Å²) in [7, 11) is 0. The van der Waals surface area contributed by atoms with Crippen LogP contribution >= 0.6 is 11.3 Å². The van der Waals surface area contributed by atoms with Gasteiger partial charge in [0, 0.05) is 11.1 Å². The number of alkyl halides is 3. The number of nitrogens with one attached hydrogen (secondary N) is 1. The van der Waals surface area contributed by atoms with E-state index in [1.54, 1.807) is 13.0 Å². The number of aromatic nitrogens is 4. The zero-order valence-electron chi connectivity index (χ0n) is 18.3. The second kappa shape index (κ2) is 9.11. The average molecular weight is 483 g/mol. The van der Waals surface area contributed by atoms with E-state index < -0.39 is 11.1 Å². The fraction of sp³-hybridized carbons (Fsp3) is 0.320. The third kappa shape index (κ3) is 4.77. The maximum atomic E-state index is 13.6. The Hall–Kier alpha value is -3.38. The summed E-state index contributed by atoms with van der Waals surface area (Å²) in [5, 5.41) is 14.7. The first-order chi connectivity index (χ1) is 16.4. The van der Waals surface area contributed by atoms with Gasteiger partial charge in [-0.05, 0) is 72.0 Å². The predicted octanol–water partition coefficient (Wildman–Crippen LogP) is 6.24. The Kier molecular flexibility index (Phi) is 6.00. The van der Waals surface area contributed by atoms with Crippen LogP contribution in [0.4, 0.5) is 13.2 Å². The van der Waals surface area contributed by atoms with Crippen LogP contribution in [-0.2, 0) is 19.2 Å². The summed E-state index contributed by atoms with van der Waals surface area (Å²) in [5.41, 5.74) is 2.32. The number of halogens is 3. The molecule has 2 aromatic carbocycles. The van der Waals surface area contributed by atoms with Crippen molar-refractivity contribution in [2.75, 3.05) is 0 Å². The van der Waals surface area contributed by atoms with Crippen molar-refractivity contribution in [1.82, 2.24) is 20.6 Å². The molecule has 9 heteroatoms. The Morgan fingerprint density at radius 1 is 1.18 bits per heavy atom. The molecular weight excluding hydrogens is 461 g/mol. The first-order valence-corrected chi connectivity index (χ1v) is 11.7. The minimum absolute atomic E-state index is 0.0145. The van der Waals surface area contributed by atoms with Crippen LogP contribution in [0.3, 0.4) is 0 Å². The van der Waals surface area contributed by atoms with Crippen molar-refractivity contribution in [3.8, 4) is 17.6 Å². The third-order valence-corrected chi connectivity index (χ3v) is 7.05. The molecule has 1 fully saturated rings. The van der Waals surface area contributed by atoms with Gasteiger partial charge in [-0.2, -0.15) is 18.4 Å². The lowest BCUT2D eigenvalue weighted by molar-refractivity contribution is -0.134. The molecule has 0 saturated heterocycles. The first-order valence-electron chi connectivity index (χ1n) is 10.9. The Morgan fingerprint density at radius 3 is 2.62 bits per heavy atom. The zero-order valence-corrected chi connectivity index (χ0v) is 19.1. The monoisotopic (exact) mass is 482 g/mol. The number of hydrogen-bond donors (Lipinski definition) is 1. The molecule has 5 rings (SSSR count). The number of aromatic amines is 1. The third-order valence-electron chi connectivity index (χ3n) is 5.82. The van der Waals surface area contributed by atoms with Crippen molar-refractivity contribution >= 4 is 21.4 Å². The fourth-order valence-electron chi connectivity index (χ4n) is 4.08. The molecule has 174 valence electrons. The van der Waals surface area contributed by atoms with Gasteiger partial charge >= 0.3 is 6.18 Å². The number of fused-ring (bicyclic) bond motifs is 1. The van der Waals surface area contributed by atoms with E-state index in [2.05, 4.69) is 32.5 Å². The summed E-state index contributed by atoms with van der Waals surface area (Å²) in [4.78, 5) is -0.454. The number of benzene rings is 2. The van der Waals surface area contributed by atoms with Gasteiger partial charge in [-0.3, -0.25) is 0 Å². The number of tetrazole rings is 1. The van der Waals surface area contributed by atoms with E-state index in [1.807, 2.05) is 36.4 Å². The minimum Gasteiger partial charge on any atom is -0.489 e. The lowest BCUT2D eigenvalue weighted by Crippen LogP contribution is -2.04. The first kappa shape index (κ1) is 22.4. The van der Waals surface area contributed by atoms with E-state index in [-0.39, 0.29) is 18.4 Å². The SMILES string of the molecule is CC#C[C@@H](Cc1nn[nH]n1)c1ccc(OCc2ccc3sc(C(F)(F)F)c(C4CC4)c3c2)cc1. The van der Waals surface area contributed by atoms with Gasteiger partial charge < -0.3 is 4.74 Å². The number of H-pyrrole nitrogens is 1. The van der Waals surface area contributed by atoms with Crippen molar-refractivity contribution in [1.29, 1.82) is 0 Å². The highest BCUT2D eigenvalue weighted by molar-refractivity contribution is 7.19. The highest BCUT2D eigenvalue weighted by atomic mass is 32.1. The zero-order chi connectivity index (χ0) is 23.7. The summed E-state index contributed by atoms with van der Waals surface area (Å²) in [6.45, 7) is 2.06. The molecule has 2 aromatic heterocycles. The van der Waals surface area contributed by atoms with Crippen LogP contribution < -0.4 is 4.74 Å². The highest BCUT2D eigenvalue weighted by Crippen LogP contribution is 2.52. The van der Waals surface area contributed by atoms with E-state index >= 15 is 0 Å². The maximum Gasteiger partial charge on any atom is 0.425 e. The molecular formula is C25H21F3N4OS. The van der Waals surface area contributed by atoms with Crippen LogP contribution in [0.1, 0.15) is 59.0 Å². The molecule has 1 aliphatic carbocycles. The number of nitrogens with zero attached hydrogens (tertiary/aromatic N) is 3. The van der Waals surface area contributed by atoms with Crippen LogP contribution in [0.25, 0.3) is 10.1 Å². The van der Waals surface area contributed by atoms with Gasteiger partial charge in [-0.15, -0.1) is 27.5 Å². The number of thiophene rings is 1. The van der Waals surface area contributed by atoms with Gasteiger partial charge in [0.05, 0.1) is 5.92 Å². The van der Waals surface area contributed by atoms with E-state index in [0.717, 1.165) is 35.3 Å². The van der Waals surface area contributed by atoms with Crippen molar-refractivity contribution in [3.63, 3.8) is 0 Å². The van der Waals surface area contributed by atoms with Crippen LogP contribution in [0.15, 0.2) is 42.5 Å². The molecule has 34 heavy (non-hydrogen) atoms. The van der Waals surface area contributed by atoms with Crippen LogP contribution in [0.2, 0.25) is 0 Å². The Balaban J connectivity index is 1.31. The average Bonchev–Trinajstić information content (AvgIpc) is 3.37. The van der Waals surface area contributed by atoms with Crippen LogP contribution in [0, 0.1) is 11.8 Å². The number of hydrogen-bond acceptors (Lipinski definition) is 5. The highest BCUT2D eigenvalue weighted by Gasteiger charge is 2.41. The molecule has 1 N–H and O–H groups in total. The van der Waals surface area contributed by atoms with Gasteiger partial charge in [-0.25, -0.2) is 0 Å². The van der Waals surface area contributed by atoms with E-state index in [1.165, 1.54) is 0 Å². The molecule has 1 atom stereocenters. The minimum atomic E-state index is -4.32. The summed E-state index contributed by atoms with van der Waals surface area (Å²) >= 11 is 0.840. The molecule has 0 unspecified atom stereocenters. The van der Waals surface area contributed by atoms with E-state index in [4.69, 9.17) is 4.74 Å².